The number of rotatable bonds is 4. The van der Waals surface area contributed by atoms with Crippen LogP contribution in [-0.2, 0) is 11.2 Å². The summed E-state index contributed by atoms with van der Waals surface area (Å²) in [6.07, 6.45) is 4.02. The zero-order valence-corrected chi connectivity index (χ0v) is 13.7. The summed E-state index contributed by atoms with van der Waals surface area (Å²) in [4.78, 5) is 24.6. The Bertz CT molecular complexity index is 855. The first-order chi connectivity index (χ1) is 10.9. The minimum Gasteiger partial charge on any atom is -0.462 e. The maximum Gasteiger partial charge on any atom is 0.343 e. The SMILES string of the molecule is CCOC(=O)c1cc(CC2CC2)c2c(C)c(Cl)c(F)cn2c1=O. The highest BCUT2D eigenvalue weighted by Gasteiger charge is 2.26. The highest BCUT2D eigenvalue weighted by Crippen LogP contribution is 2.35. The van der Waals surface area contributed by atoms with E-state index in [4.69, 9.17) is 16.3 Å². The Hall–Kier alpha value is -1.88. The van der Waals surface area contributed by atoms with E-state index in [1.54, 1.807) is 19.9 Å². The second kappa shape index (κ2) is 5.96. The number of aryl methyl sites for hydroxylation is 1. The molecule has 23 heavy (non-hydrogen) atoms. The van der Waals surface area contributed by atoms with E-state index in [2.05, 4.69) is 0 Å². The lowest BCUT2D eigenvalue weighted by Gasteiger charge is -2.14. The summed E-state index contributed by atoms with van der Waals surface area (Å²) in [5.74, 6) is -0.830. The predicted molar refractivity (Wildman–Crippen MR) is 85.8 cm³/mol. The van der Waals surface area contributed by atoms with E-state index in [9.17, 15) is 14.0 Å². The molecule has 1 aliphatic rings. The molecule has 1 saturated carbocycles. The third kappa shape index (κ3) is 2.85. The van der Waals surface area contributed by atoms with Gasteiger partial charge in [0.25, 0.3) is 5.56 Å². The van der Waals surface area contributed by atoms with Gasteiger partial charge in [-0.1, -0.05) is 11.6 Å². The lowest BCUT2D eigenvalue weighted by atomic mass is 10.0. The Labute approximate surface area is 137 Å². The standard InChI is InChI=1S/C17H17ClFNO3/c1-3-23-17(22)12-7-11(6-10-4-5-10)15-9(2)14(18)13(19)8-20(15)16(12)21/h7-8,10H,3-6H2,1-2H3. The van der Waals surface area contributed by atoms with Crippen LogP contribution in [0.25, 0.3) is 5.52 Å². The number of ether oxygens (including phenoxy) is 1. The summed E-state index contributed by atoms with van der Waals surface area (Å²) in [6.45, 7) is 3.53. The van der Waals surface area contributed by atoms with Gasteiger partial charge in [0.15, 0.2) is 5.82 Å². The summed E-state index contributed by atoms with van der Waals surface area (Å²) >= 11 is 6.00. The molecule has 2 aromatic rings. The summed E-state index contributed by atoms with van der Waals surface area (Å²) in [5.41, 5.74) is 1.27. The predicted octanol–water partition coefficient (Wildman–Crippen LogP) is 3.53. The van der Waals surface area contributed by atoms with Crippen molar-refractivity contribution in [3.05, 3.63) is 50.1 Å². The van der Waals surface area contributed by atoms with Gasteiger partial charge in [-0.3, -0.25) is 9.20 Å². The molecule has 0 atom stereocenters. The van der Waals surface area contributed by atoms with E-state index in [1.807, 2.05) is 0 Å². The van der Waals surface area contributed by atoms with Gasteiger partial charge >= 0.3 is 5.97 Å². The average Bonchev–Trinajstić information content (AvgIpc) is 3.31. The van der Waals surface area contributed by atoms with Crippen LogP contribution in [0.4, 0.5) is 4.39 Å². The second-order valence-corrected chi connectivity index (χ2v) is 6.27. The second-order valence-electron chi connectivity index (χ2n) is 5.89. The first-order valence-corrected chi connectivity index (χ1v) is 8.01. The number of carbonyl (C=O) groups excluding carboxylic acids is 1. The lowest BCUT2D eigenvalue weighted by molar-refractivity contribution is 0.0524. The van der Waals surface area contributed by atoms with Gasteiger partial charge in [0.05, 0.1) is 17.1 Å². The number of hydrogen-bond acceptors (Lipinski definition) is 3. The van der Waals surface area contributed by atoms with Crippen LogP contribution in [0.15, 0.2) is 17.1 Å². The molecule has 0 unspecified atom stereocenters. The van der Waals surface area contributed by atoms with Crippen molar-refractivity contribution in [3.8, 4) is 0 Å². The smallest absolute Gasteiger partial charge is 0.343 e. The summed E-state index contributed by atoms with van der Waals surface area (Å²) in [6, 6.07) is 1.58. The number of pyridine rings is 2. The molecule has 0 bridgehead atoms. The van der Waals surface area contributed by atoms with E-state index < -0.39 is 17.3 Å². The molecule has 0 saturated heterocycles. The number of nitrogens with zero attached hydrogens (tertiary/aromatic N) is 1. The van der Waals surface area contributed by atoms with Gasteiger partial charge in [0.2, 0.25) is 0 Å². The van der Waals surface area contributed by atoms with E-state index in [0.29, 0.717) is 17.0 Å². The molecule has 1 fully saturated rings. The van der Waals surface area contributed by atoms with Crippen LogP contribution in [0.5, 0.6) is 0 Å². The quantitative estimate of drug-likeness (QED) is 0.802. The van der Waals surface area contributed by atoms with Crippen molar-refractivity contribution in [2.75, 3.05) is 6.61 Å². The van der Waals surface area contributed by atoms with Gasteiger partial charge in [-0.15, -0.1) is 0 Å². The topological polar surface area (TPSA) is 47.8 Å². The monoisotopic (exact) mass is 337 g/mol. The van der Waals surface area contributed by atoms with Gasteiger partial charge in [-0.05, 0) is 56.2 Å². The minimum absolute atomic E-state index is 0.00494. The molecule has 0 radical (unpaired) electrons. The highest BCUT2D eigenvalue weighted by molar-refractivity contribution is 6.32. The van der Waals surface area contributed by atoms with Crippen molar-refractivity contribution in [1.82, 2.24) is 4.40 Å². The molecule has 0 aromatic carbocycles. The molecule has 0 aliphatic heterocycles. The molecule has 6 heteroatoms. The molecule has 3 rings (SSSR count). The molecule has 0 N–H and O–H groups in total. The maximum atomic E-state index is 14.0. The average molecular weight is 338 g/mol. The van der Waals surface area contributed by atoms with Crippen molar-refractivity contribution in [3.63, 3.8) is 0 Å². The van der Waals surface area contributed by atoms with E-state index in [-0.39, 0.29) is 17.2 Å². The van der Waals surface area contributed by atoms with Gasteiger partial charge in [0, 0.05) is 6.20 Å². The molecule has 0 amide bonds. The zero-order chi connectivity index (χ0) is 16.7. The van der Waals surface area contributed by atoms with Gasteiger partial charge in [0.1, 0.15) is 5.56 Å². The fraction of sp³-hybridized carbons (Fsp3) is 0.412. The Morgan fingerprint density at radius 2 is 2.17 bits per heavy atom. The number of hydrogen-bond donors (Lipinski definition) is 0. The summed E-state index contributed by atoms with van der Waals surface area (Å²) in [5, 5.41) is 0.00494. The maximum absolute atomic E-state index is 14.0. The number of carbonyl (C=O) groups is 1. The van der Waals surface area contributed by atoms with E-state index in [0.717, 1.165) is 31.0 Å². The lowest BCUT2D eigenvalue weighted by Crippen LogP contribution is -2.25. The Balaban J connectivity index is 2.31. The van der Waals surface area contributed by atoms with E-state index in [1.165, 1.54) is 4.40 Å². The van der Waals surface area contributed by atoms with Crippen molar-refractivity contribution in [2.45, 2.75) is 33.1 Å². The number of fused-ring (bicyclic) bond motifs is 1. The van der Waals surface area contributed by atoms with Crippen LogP contribution in [0.3, 0.4) is 0 Å². The highest BCUT2D eigenvalue weighted by atomic mass is 35.5. The summed E-state index contributed by atoms with van der Waals surface area (Å²) in [7, 11) is 0. The molecular weight excluding hydrogens is 321 g/mol. The minimum atomic E-state index is -0.683. The molecule has 1 aliphatic carbocycles. The summed E-state index contributed by atoms with van der Waals surface area (Å²) < 4.78 is 20.1. The van der Waals surface area contributed by atoms with E-state index >= 15 is 0 Å². The number of halogens is 2. The number of esters is 1. The molecule has 2 heterocycles. The van der Waals surface area contributed by atoms with Crippen molar-refractivity contribution < 1.29 is 13.9 Å². The van der Waals surface area contributed by atoms with Crippen LogP contribution in [-0.4, -0.2) is 17.0 Å². The third-order valence-corrected chi connectivity index (χ3v) is 4.61. The fourth-order valence-electron chi connectivity index (χ4n) is 2.83. The van der Waals surface area contributed by atoms with Gasteiger partial charge < -0.3 is 4.74 Å². The third-order valence-electron chi connectivity index (χ3n) is 4.15. The molecular formula is C17H17ClFNO3. The Morgan fingerprint density at radius 3 is 2.78 bits per heavy atom. The van der Waals surface area contributed by atoms with Crippen LogP contribution < -0.4 is 5.56 Å². The van der Waals surface area contributed by atoms with Gasteiger partial charge in [-0.25, -0.2) is 9.18 Å². The molecule has 0 spiro atoms. The molecule has 2 aromatic heterocycles. The first kappa shape index (κ1) is 16.0. The largest absolute Gasteiger partial charge is 0.462 e. The van der Waals surface area contributed by atoms with Crippen LogP contribution >= 0.6 is 11.6 Å². The van der Waals surface area contributed by atoms with Gasteiger partial charge in [-0.2, -0.15) is 0 Å². The van der Waals surface area contributed by atoms with Crippen LogP contribution in [0.2, 0.25) is 5.02 Å². The molecule has 122 valence electrons. The zero-order valence-electron chi connectivity index (χ0n) is 13.0. The van der Waals surface area contributed by atoms with Crippen LogP contribution in [0, 0.1) is 18.7 Å². The molecule has 4 nitrogen and oxygen atoms in total. The fourth-order valence-corrected chi connectivity index (χ4v) is 2.97. The van der Waals surface area contributed by atoms with Crippen molar-refractivity contribution in [2.24, 2.45) is 5.92 Å². The number of aromatic nitrogens is 1. The Kier molecular flexibility index (Phi) is 4.15. The Morgan fingerprint density at radius 1 is 1.48 bits per heavy atom. The van der Waals surface area contributed by atoms with Crippen LogP contribution in [0.1, 0.15) is 41.3 Å². The first-order valence-electron chi connectivity index (χ1n) is 7.64. The van der Waals surface area contributed by atoms with Crippen molar-refractivity contribution in [1.29, 1.82) is 0 Å². The normalized spacial score (nSPS) is 14.3. The van der Waals surface area contributed by atoms with Crippen molar-refractivity contribution >= 4 is 23.1 Å².